The molecule has 6 heteroatoms. The number of hydrogen-bond acceptors (Lipinski definition) is 3. The van der Waals surface area contributed by atoms with Crippen LogP contribution in [0.25, 0.3) is 6.08 Å². The van der Waals surface area contributed by atoms with Crippen LogP contribution in [0.3, 0.4) is 0 Å². The van der Waals surface area contributed by atoms with Crippen LogP contribution in [0.2, 0.25) is 10.0 Å². The smallest absolute Gasteiger partial charge is 0.307 e. The molecule has 0 saturated carbocycles. The fraction of sp³-hybridized carbons (Fsp3) is 0.231. The number of halogens is 2. The fourth-order valence-corrected chi connectivity index (χ4v) is 1.72. The highest BCUT2D eigenvalue weighted by molar-refractivity contribution is 6.35. The molecule has 0 aliphatic rings. The zero-order valence-electron chi connectivity index (χ0n) is 10.3. The average Bonchev–Trinajstić information content (AvgIpc) is 2.37. The summed E-state index contributed by atoms with van der Waals surface area (Å²) in [6.07, 6.45) is 3.05. The van der Waals surface area contributed by atoms with Gasteiger partial charge in [0.05, 0.1) is 13.5 Å². The second-order valence-corrected chi connectivity index (χ2v) is 4.46. The summed E-state index contributed by atoms with van der Waals surface area (Å²) in [5.41, 5.74) is 0.689. The Bertz CT molecular complexity index is 501. The molecule has 0 bridgehead atoms. The van der Waals surface area contributed by atoms with Crippen LogP contribution >= 0.6 is 23.2 Å². The number of ether oxygens (including phenoxy) is 1. The van der Waals surface area contributed by atoms with Crippen molar-refractivity contribution in [1.29, 1.82) is 0 Å². The first-order chi connectivity index (χ1) is 9.02. The minimum absolute atomic E-state index is 0.137. The third kappa shape index (κ3) is 5.77. The van der Waals surface area contributed by atoms with Crippen molar-refractivity contribution in [2.45, 2.75) is 6.42 Å². The molecule has 0 aliphatic carbocycles. The summed E-state index contributed by atoms with van der Waals surface area (Å²) in [6, 6.07) is 4.99. The minimum atomic E-state index is -0.370. The summed E-state index contributed by atoms with van der Waals surface area (Å²) < 4.78 is 4.45. The highest BCUT2D eigenvalue weighted by Gasteiger charge is 2.02. The number of esters is 1. The lowest BCUT2D eigenvalue weighted by molar-refractivity contribution is -0.140. The van der Waals surface area contributed by atoms with Crippen LogP contribution in [-0.4, -0.2) is 25.5 Å². The van der Waals surface area contributed by atoms with E-state index in [9.17, 15) is 9.59 Å². The lowest BCUT2D eigenvalue weighted by Crippen LogP contribution is -2.24. The van der Waals surface area contributed by atoms with E-state index in [2.05, 4.69) is 10.1 Å². The van der Waals surface area contributed by atoms with Crippen molar-refractivity contribution in [2.24, 2.45) is 0 Å². The molecule has 102 valence electrons. The van der Waals surface area contributed by atoms with Gasteiger partial charge in [-0.05, 0) is 23.8 Å². The first-order valence-electron chi connectivity index (χ1n) is 5.50. The number of rotatable bonds is 5. The second-order valence-electron chi connectivity index (χ2n) is 3.62. The van der Waals surface area contributed by atoms with E-state index >= 15 is 0 Å². The van der Waals surface area contributed by atoms with Gasteiger partial charge in [-0.25, -0.2) is 0 Å². The molecule has 0 radical (unpaired) electrons. The predicted octanol–water partition coefficient (Wildman–Crippen LogP) is 2.69. The van der Waals surface area contributed by atoms with Crippen LogP contribution in [0.5, 0.6) is 0 Å². The van der Waals surface area contributed by atoms with Gasteiger partial charge in [-0.3, -0.25) is 9.59 Å². The summed E-state index contributed by atoms with van der Waals surface area (Å²) in [5, 5.41) is 3.55. The molecular formula is C13H13Cl2NO3. The molecule has 1 rings (SSSR count). The Labute approximate surface area is 121 Å². The normalized spacial score (nSPS) is 10.5. The van der Waals surface area contributed by atoms with Gasteiger partial charge < -0.3 is 10.1 Å². The Morgan fingerprint density at radius 3 is 2.74 bits per heavy atom. The van der Waals surface area contributed by atoms with Crippen molar-refractivity contribution in [2.75, 3.05) is 13.7 Å². The second kappa shape index (κ2) is 7.81. The maximum atomic E-state index is 11.4. The largest absolute Gasteiger partial charge is 0.469 e. The zero-order valence-corrected chi connectivity index (χ0v) is 11.8. The highest BCUT2D eigenvalue weighted by atomic mass is 35.5. The Kier molecular flexibility index (Phi) is 6.39. The van der Waals surface area contributed by atoms with Gasteiger partial charge in [-0.15, -0.1) is 0 Å². The van der Waals surface area contributed by atoms with Crippen molar-refractivity contribution >= 4 is 41.2 Å². The summed E-state index contributed by atoms with van der Waals surface area (Å²) in [6.45, 7) is 0.226. The molecule has 0 aliphatic heterocycles. The molecule has 1 aromatic rings. The van der Waals surface area contributed by atoms with Gasteiger partial charge in [0.2, 0.25) is 5.91 Å². The number of carbonyl (C=O) groups excluding carboxylic acids is 2. The Morgan fingerprint density at radius 2 is 2.11 bits per heavy atom. The SMILES string of the molecule is COC(=O)CCNC(=O)C=Cc1ccc(Cl)cc1Cl. The monoisotopic (exact) mass is 301 g/mol. The number of methoxy groups -OCH3 is 1. The number of nitrogens with one attached hydrogen (secondary N) is 1. The summed E-state index contributed by atoms with van der Waals surface area (Å²) in [7, 11) is 1.30. The molecule has 0 unspecified atom stereocenters. The van der Waals surface area contributed by atoms with E-state index in [1.165, 1.54) is 13.2 Å². The van der Waals surface area contributed by atoms with Gasteiger partial charge in [-0.2, -0.15) is 0 Å². The third-order valence-electron chi connectivity index (χ3n) is 2.23. The van der Waals surface area contributed by atoms with Crippen LogP contribution in [0.4, 0.5) is 0 Å². The van der Waals surface area contributed by atoms with Gasteiger partial charge in [0.1, 0.15) is 0 Å². The quantitative estimate of drug-likeness (QED) is 0.672. The van der Waals surface area contributed by atoms with E-state index in [0.717, 1.165) is 0 Å². The molecule has 0 aromatic heterocycles. The summed E-state index contributed by atoms with van der Waals surface area (Å²) >= 11 is 11.7. The molecule has 1 N–H and O–H groups in total. The first-order valence-corrected chi connectivity index (χ1v) is 6.26. The van der Waals surface area contributed by atoms with Crippen molar-refractivity contribution < 1.29 is 14.3 Å². The maximum Gasteiger partial charge on any atom is 0.307 e. The maximum absolute atomic E-state index is 11.4. The van der Waals surface area contributed by atoms with Gasteiger partial charge in [0, 0.05) is 22.7 Å². The Morgan fingerprint density at radius 1 is 1.37 bits per heavy atom. The Balaban J connectivity index is 2.47. The number of carbonyl (C=O) groups is 2. The van der Waals surface area contributed by atoms with Gasteiger partial charge in [0.15, 0.2) is 0 Å². The van der Waals surface area contributed by atoms with Gasteiger partial charge in [-0.1, -0.05) is 29.3 Å². The molecule has 0 saturated heterocycles. The van der Waals surface area contributed by atoms with E-state index < -0.39 is 0 Å². The average molecular weight is 302 g/mol. The Hall–Kier alpha value is -1.52. The van der Waals surface area contributed by atoms with Gasteiger partial charge in [0.25, 0.3) is 0 Å². The minimum Gasteiger partial charge on any atom is -0.469 e. The van der Waals surface area contributed by atoms with Crippen molar-refractivity contribution in [3.8, 4) is 0 Å². The van der Waals surface area contributed by atoms with Crippen LogP contribution in [0.15, 0.2) is 24.3 Å². The third-order valence-corrected chi connectivity index (χ3v) is 2.80. The molecule has 1 aromatic carbocycles. The predicted molar refractivity (Wildman–Crippen MR) is 75.1 cm³/mol. The molecule has 1 amide bonds. The summed E-state index contributed by atoms with van der Waals surface area (Å²) in [5.74, 6) is -0.681. The van der Waals surface area contributed by atoms with Crippen LogP contribution < -0.4 is 5.32 Å². The number of amides is 1. The van der Waals surface area contributed by atoms with E-state index in [1.807, 2.05) is 0 Å². The van der Waals surface area contributed by atoms with E-state index in [0.29, 0.717) is 15.6 Å². The first kappa shape index (κ1) is 15.5. The van der Waals surface area contributed by atoms with Crippen molar-refractivity contribution in [3.05, 3.63) is 39.9 Å². The van der Waals surface area contributed by atoms with Crippen molar-refractivity contribution in [3.63, 3.8) is 0 Å². The molecule has 4 nitrogen and oxygen atoms in total. The summed E-state index contributed by atoms with van der Waals surface area (Å²) in [4.78, 5) is 22.3. The molecule has 0 atom stereocenters. The van der Waals surface area contributed by atoms with E-state index in [1.54, 1.807) is 24.3 Å². The number of benzene rings is 1. The van der Waals surface area contributed by atoms with Crippen LogP contribution in [-0.2, 0) is 14.3 Å². The topological polar surface area (TPSA) is 55.4 Å². The standard InChI is InChI=1S/C13H13Cl2NO3/c1-19-13(18)6-7-16-12(17)5-3-9-2-4-10(14)8-11(9)15/h2-5,8H,6-7H2,1H3,(H,16,17). The zero-order chi connectivity index (χ0) is 14.3. The van der Waals surface area contributed by atoms with Gasteiger partial charge >= 0.3 is 5.97 Å². The fourth-order valence-electron chi connectivity index (χ4n) is 1.25. The van der Waals surface area contributed by atoms with Crippen LogP contribution in [0, 0.1) is 0 Å². The molecule has 0 fully saturated rings. The molecule has 19 heavy (non-hydrogen) atoms. The van der Waals surface area contributed by atoms with Crippen molar-refractivity contribution in [1.82, 2.24) is 5.32 Å². The molecule has 0 spiro atoms. The lowest BCUT2D eigenvalue weighted by atomic mass is 10.2. The number of hydrogen-bond donors (Lipinski definition) is 1. The molecular weight excluding hydrogens is 289 g/mol. The van der Waals surface area contributed by atoms with E-state index in [4.69, 9.17) is 23.2 Å². The lowest BCUT2D eigenvalue weighted by Gasteiger charge is -2.01. The van der Waals surface area contributed by atoms with Crippen LogP contribution in [0.1, 0.15) is 12.0 Å². The highest BCUT2D eigenvalue weighted by Crippen LogP contribution is 2.21. The molecule has 0 heterocycles. The van der Waals surface area contributed by atoms with E-state index in [-0.39, 0.29) is 24.8 Å².